The number of benzene rings is 1. The Bertz CT molecular complexity index is 738. The Morgan fingerprint density at radius 3 is 2.58 bits per heavy atom. The van der Waals surface area contributed by atoms with Gasteiger partial charge in [-0.2, -0.15) is 0 Å². The topological polar surface area (TPSA) is 82.5 Å². The molecule has 1 heterocycles. The van der Waals surface area contributed by atoms with Crippen LogP contribution in [0.3, 0.4) is 0 Å². The second-order valence-electron chi connectivity index (χ2n) is 5.33. The highest BCUT2D eigenvalue weighted by atomic mass is 32.1. The van der Waals surface area contributed by atoms with Gasteiger partial charge in [0.2, 0.25) is 5.91 Å². The van der Waals surface area contributed by atoms with Gasteiger partial charge in [-0.05, 0) is 32.1 Å². The summed E-state index contributed by atoms with van der Waals surface area (Å²) < 4.78 is 0. The number of aryl methyl sites for hydroxylation is 1. The van der Waals surface area contributed by atoms with Crippen molar-refractivity contribution < 1.29 is 14.7 Å². The Morgan fingerprint density at radius 1 is 1.29 bits per heavy atom. The molecule has 0 unspecified atom stereocenters. The Hall–Kier alpha value is -2.25. The molecule has 24 heavy (non-hydrogen) atoms. The van der Waals surface area contributed by atoms with Crippen molar-refractivity contribution in [3.8, 4) is 10.6 Å². The molecule has 0 fully saturated rings. The van der Waals surface area contributed by atoms with Crippen molar-refractivity contribution in [2.75, 3.05) is 25.0 Å². The fourth-order valence-electron chi connectivity index (χ4n) is 2.30. The number of aromatic nitrogens is 1. The van der Waals surface area contributed by atoms with Crippen LogP contribution in [0.15, 0.2) is 24.3 Å². The van der Waals surface area contributed by atoms with E-state index in [1.54, 1.807) is 6.92 Å². The minimum absolute atomic E-state index is 0.0719. The van der Waals surface area contributed by atoms with Crippen LogP contribution in [-0.4, -0.2) is 46.5 Å². The molecule has 128 valence electrons. The van der Waals surface area contributed by atoms with Crippen LogP contribution in [-0.2, 0) is 4.79 Å². The van der Waals surface area contributed by atoms with Gasteiger partial charge >= 0.3 is 5.97 Å². The molecule has 0 atom stereocenters. The number of likely N-dealkylation sites (N-methyl/N-ethyl adjacent to an activating group) is 1. The van der Waals surface area contributed by atoms with E-state index in [1.807, 2.05) is 43.0 Å². The van der Waals surface area contributed by atoms with Gasteiger partial charge in [0, 0.05) is 11.3 Å². The number of nitrogens with one attached hydrogen (secondary N) is 1. The van der Waals surface area contributed by atoms with Gasteiger partial charge in [-0.25, -0.2) is 9.78 Å². The van der Waals surface area contributed by atoms with Crippen LogP contribution in [0.25, 0.3) is 10.6 Å². The van der Waals surface area contributed by atoms with E-state index >= 15 is 0 Å². The number of carboxylic acid groups (broad SMARTS) is 1. The molecule has 0 aliphatic heterocycles. The summed E-state index contributed by atoms with van der Waals surface area (Å²) in [6.45, 7) is 7.70. The van der Waals surface area contributed by atoms with Crippen LogP contribution in [0.1, 0.15) is 29.2 Å². The number of carbonyl (C=O) groups excluding carboxylic acids is 1. The largest absolute Gasteiger partial charge is 0.477 e. The lowest BCUT2D eigenvalue weighted by Gasteiger charge is -2.17. The van der Waals surface area contributed by atoms with E-state index in [0.717, 1.165) is 30.0 Å². The number of hydrogen-bond acceptors (Lipinski definition) is 5. The van der Waals surface area contributed by atoms with Crippen molar-refractivity contribution >= 4 is 28.9 Å². The first-order valence-electron chi connectivity index (χ1n) is 7.78. The van der Waals surface area contributed by atoms with E-state index < -0.39 is 5.97 Å². The molecule has 0 saturated carbocycles. The van der Waals surface area contributed by atoms with Gasteiger partial charge in [0.15, 0.2) is 0 Å². The normalized spacial score (nSPS) is 10.8. The fourth-order valence-corrected chi connectivity index (χ4v) is 3.20. The summed E-state index contributed by atoms with van der Waals surface area (Å²) in [5.41, 5.74) is 1.96. The molecule has 2 aromatic rings. The average molecular weight is 347 g/mol. The standard InChI is InChI=1S/C17H21N3O3S/c1-4-20(5-2)10-14(21)19-13-8-6-7-12(9-13)16-18-11(3)15(24-16)17(22)23/h6-9H,4-5,10H2,1-3H3,(H,19,21)(H,22,23). The van der Waals surface area contributed by atoms with Gasteiger partial charge in [-0.1, -0.05) is 26.0 Å². The van der Waals surface area contributed by atoms with Gasteiger partial charge in [-0.3, -0.25) is 9.69 Å². The summed E-state index contributed by atoms with van der Waals surface area (Å²) in [5, 5.41) is 12.6. The van der Waals surface area contributed by atoms with Gasteiger partial charge < -0.3 is 10.4 Å². The molecule has 0 radical (unpaired) electrons. The molecule has 0 aliphatic rings. The molecule has 7 heteroatoms. The molecule has 6 nitrogen and oxygen atoms in total. The Labute approximate surface area is 145 Å². The van der Waals surface area contributed by atoms with Crippen molar-refractivity contribution in [1.82, 2.24) is 9.88 Å². The Balaban J connectivity index is 2.16. The predicted molar refractivity (Wildman–Crippen MR) is 95.7 cm³/mol. The molecule has 1 aromatic carbocycles. The molecule has 0 bridgehead atoms. The highest BCUT2D eigenvalue weighted by molar-refractivity contribution is 7.17. The zero-order chi connectivity index (χ0) is 17.7. The molecule has 2 rings (SSSR count). The Morgan fingerprint density at radius 2 is 2.00 bits per heavy atom. The summed E-state index contributed by atoms with van der Waals surface area (Å²) in [6, 6.07) is 7.29. The van der Waals surface area contributed by atoms with Crippen LogP contribution >= 0.6 is 11.3 Å². The fraction of sp³-hybridized carbons (Fsp3) is 0.353. The zero-order valence-electron chi connectivity index (χ0n) is 14.0. The highest BCUT2D eigenvalue weighted by Gasteiger charge is 2.15. The lowest BCUT2D eigenvalue weighted by Crippen LogP contribution is -2.32. The van der Waals surface area contributed by atoms with Crippen molar-refractivity contribution in [3.63, 3.8) is 0 Å². The summed E-state index contributed by atoms with van der Waals surface area (Å²) >= 11 is 1.13. The van der Waals surface area contributed by atoms with E-state index in [2.05, 4.69) is 10.3 Å². The third kappa shape index (κ3) is 4.39. The van der Waals surface area contributed by atoms with Crippen LogP contribution in [0.2, 0.25) is 0 Å². The smallest absolute Gasteiger partial charge is 0.347 e. The number of rotatable bonds is 7. The van der Waals surface area contributed by atoms with Gasteiger partial charge in [0.05, 0.1) is 12.2 Å². The monoisotopic (exact) mass is 347 g/mol. The lowest BCUT2D eigenvalue weighted by molar-refractivity contribution is -0.117. The van der Waals surface area contributed by atoms with E-state index in [-0.39, 0.29) is 10.8 Å². The van der Waals surface area contributed by atoms with Crippen LogP contribution in [0.4, 0.5) is 5.69 Å². The number of carbonyl (C=O) groups is 2. The van der Waals surface area contributed by atoms with E-state index in [4.69, 9.17) is 5.11 Å². The van der Waals surface area contributed by atoms with Crippen LogP contribution < -0.4 is 5.32 Å². The number of carboxylic acids is 1. The number of aromatic carboxylic acids is 1. The molecule has 1 aromatic heterocycles. The number of thiazole rings is 1. The predicted octanol–water partition coefficient (Wildman–Crippen LogP) is 3.10. The third-order valence-corrected chi connectivity index (χ3v) is 4.84. The molecule has 0 saturated heterocycles. The maximum Gasteiger partial charge on any atom is 0.347 e. The van der Waals surface area contributed by atoms with Gasteiger partial charge in [-0.15, -0.1) is 11.3 Å². The molecule has 1 amide bonds. The zero-order valence-corrected chi connectivity index (χ0v) is 14.8. The van der Waals surface area contributed by atoms with Gasteiger partial charge in [0.25, 0.3) is 0 Å². The molecular weight excluding hydrogens is 326 g/mol. The summed E-state index contributed by atoms with van der Waals surface area (Å²) in [7, 11) is 0. The third-order valence-electron chi connectivity index (χ3n) is 3.65. The summed E-state index contributed by atoms with van der Waals surface area (Å²) in [5.74, 6) is -1.04. The number of anilines is 1. The van der Waals surface area contributed by atoms with Crippen molar-refractivity contribution in [2.45, 2.75) is 20.8 Å². The van der Waals surface area contributed by atoms with Crippen LogP contribution in [0, 0.1) is 6.92 Å². The molecule has 0 spiro atoms. The first kappa shape index (κ1) is 18.1. The first-order chi connectivity index (χ1) is 11.4. The van der Waals surface area contributed by atoms with Crippen molar-refractivity contribution in [2.24, 2.45) is 0 Å². The number of hydrogen-bond donors (Lipinski definition) is 2. The minimum atomic E-state index is -0.972. The van der Waals surface area contributed by atoms with Gasteiger partial charge in [0.1, 0.15) is 9.88 Å². The molecular formula is C17H21N3O3S. The molecule has 2 N–H and O–H groups in total. The maximum absolute atomic E-state index is 12.1. The summed E-state index contributed by atoms with van der Waals surface area (Å²) in [4.78, 5) is 29.8. The lowest BCUT2D eigenvalue weighted by atomic mass is 10.2. The van der Waals surface area contributed by atoms with E-state index in [1.165, 1.54) is 0 Å². The van der Waals surface area contributed by atoms with Crippen LogP contribution in [0.5, 0.6) is 0 Å². The SMILES string of the molecule is CCN(CC)CC(=O)Nc1cccc(-c2nc(C)c(C(=O)O)s2)c1. The minimum Gasteiger partial charge on any atom is -0.477 e. The van der Waals surface area contributed by atoms with E-state index in [9.17, 15) is 9.59 Å². The molecule has 0 aliphatic carbocycles. The average Bonchev–Trinajstić information content (AvgIpc) is 2.95. The van der Waals surface area contributed by atoms with Crippen molar-refractivity contribution in [1.29, 1.82) is 0 Å². The Kier molecular flexibility index (Phi) is 6.05. The maximum atomic E-state index is 12.1. The number of nitrogens with zero attached hydrogens (tertiary/aromatic N) is 2. The second kappa shape index (κ2) is 8.03. The van der Waals surface area contributed by atoms with E-state index in [0.29, 0.717) is 22.9 Å². The second-order valence-corrected chi connectivity index (χ2v) is 6.33. The highest BCUT2D eigenvalue weighted by Crippen LogP contribution is 2.29. The quantitative estimate of drug-likeness (QED) is 0.804. The summed E-state index contributed by atoms with van der Waals surface area (Å²) in [6.07, 6.45) is 0. The first-order valence-corrected chi connectivity index (χ1v) is 8.59. The number of amides is 1. The van der Waals surface area contributed by atoms with Crippen molar-refractivity contribution in [3.05, 3.63) is 34.8 Å².